The van der Waals surface area contributed by atoms with Crippen LogP contribution in [-0.2, 0) is 4.74 Å². The zero-order valence-electron chi connectivity index (χ0n) is 11.2. The Balaban J connectivity index is 1.56. The maximum atomic E-state index is 12.6. The summed E-state index contributed by atoms with van der Waals surface area (Å²) in [5.74, 6) is -0.0566. The van der Waals surface area contributed by atoms with Crippen LogP contribution < -0.4 is 0 Å². The summed E-state index contributed by atoms with van der Waals surface area (Å²) in [4.78, 5) is 27.5. The summed E-state index contributed by atoms with van der Waals surface area (Å²) in [6, 6.07) is 5.20. The van der Waals surface area contributed by atoms with Gasteiger partial charge in [0.25, 0.3) is 5.91 Å². The lowest BCUT2D eigenvalue weighted by molar-refractivity contribution is 0.0617. The maximum absolute atomic E-state index is 12.6. The second kappa shape index (κ2) is 4.44. The molecule has 2 aliphatic rings. The second-order valence-corrected chi connectivity index (χ2v) is 5.20. The number of nitrogens with zero attached hydrogens (tertiary/aromatic N) is 4. The molecule has 2 saturated heterocycles. The fourth-order valence-electron chi connectivity index (χ4n) is 2.83. The van der Waals surface area contributed by atoms with Crippen molar-refractivity contribution in [2.24, 2.45) is 0 Å². The van der Waals surface area contributed by atoms with Gasteiger partial charge in [-0.3, -0.25) is 9.69 Å². The van der Waals surface area contributed by atoms with Crippen LogP contribution in [-0.4, -0.2) is 69.5 Å². The van der Waals surface area contributed by atoms with Crippen molar-refractivity contribution in [2.75, 3.05) is 26.2 Å². The first-order valence-electron chi connectivity index (χ1n) is 6.75. The van der Waals surface area contributed by atoms with Gasteiger partial charge >= 0.3 is 6.09 Å². The zero-order valence-corrected chi connectivity index (χ0v) is 11.2. The molecule has 21 heavy (non-hydrogen) atoms. The Morgan fingerprint density at radius 2 is 2.14 bits per heavy atom. The predicted molar refractivity (Wildman–Crippen MR) is 71.6 cm³/mol. The molecule has 0 saturated carbocycles. The number of aromatic amines is 1. The summed E-state index contributed by atoms with van der Waals surface area (Å²) in [5, 5.41) is 10.5. The summed E-state index contributed by atoms with van der Waals surface area (Å²) >= 11 is 0. The molecule has 0 aliphatic carbocycles. The van der Waals surface area contributed by atoms with Crippen LogP contribution in [0.25, 0.3) is 11.0 Å². The molecule has 0 radical (unpaired) electrons. The van der Waals surface area contributed by atoms with Crippen LogP contribution in [0.1, 0.15) is 10.4 Å². The molecule has 2 amide bonds. The van der Waals surface area contributed by atoms with Crippen molar-refractivity contribution in [3.05, 3.63) is 23.8 Å². The molecule has 1 aromatic heterocycles. The molecule has 8 nitrogen and oxygen atoms in total. The van der Waals surface area contributed by atoms with Gasteiger partial charge in [-0.2, -0.15) is 15.4 Å². The van der Waals surface area contributed by atoms with E-state index in [1.807, 2.05) is 0 Å². The Kier molecular flexibility index (Phi) is 2.56. The maximum Gasteiger partial charge on any atom is 0.410 e. The molecule has 1 N–H and O–H groups in total. The predicted octanol–water partition coefficient (Wildman–Crippen LogP) is 0.234. The Hall–Kier alpha value is -2.64. The number of carbonyl (C=O) groups is 2. The number of hydrogen-bond donors (Lipinski definition) is 1. The van der Waals surface area contributed by atoms with Crippen molar-refractivity contribution in [3.63, 3.8) is 0 Å². The van der Waals surface area contributed by atoms with Gasteiger partial charge in [0.1, 0.15) is 17.6 Å². The normalized spacial score (nSPS) is 21.5. The Morgan fingerprint density at radius 3 is 3.05 bits per heavy atom. The number of piperazine rings is 1. The molecule has 1 atom stereocenters. The van der Waals surface area contributed by atoms with Crippen molar-refractivity contribution >= 4 is 23.0 Å². The van der Waals surface area contributed by atoms with Gasteiger partial charge in [-0.1, -0.05) is 0 Å². The van der Waals surface area contributed by atoms with E-state index < -0.39 is 0 Å². The molecule has 2 fully saturated rings. The van der Waals surface area contributed by atoms with E-state index in [0.29, 0.717) is 37.3 Å². The number of cyclic esters (lactones) is 1. The van der Waals surface area contributed by atoms with E-state index in [4.69, 9.17) is 4.74 Å². The summed E-state index contributed by atoms with van der Waals surface area (Å²) < 4.78 is 5.01. The van der Waals surface area contributed by atoms with Gasteiger partial charge in [0.05, 0.1) is 6.04 Å². The summed E-state index contributed by atoms with van der Waals surface area (Å²) in [7, 11) is 0. The minimum absolute atomic E-state index is 0.0361. The monoisotopic (exact) mass is 287 g/mol. The zero-order chi connectivity index (χ0) is 14.4. The number of ether oxygens (including phenoxy) is 1. The number of rotatable bonds is 1. The molecule has 2 aliphatic heterocycles. The van der Waals surface area contributed by atoms with Crippen LogP contribution in [0.2, 0.25) is 0 Å². The molecule has 3 heterocycles. The topological polar surface area (TPSA) is 91.4 Å². The van der Waals surface area contributed by atoms with Gasteiger partial charge < -0.3 is 9.64 Å². The number of fused-ring (bicyclic) bond motifs is 2. The Bertz CT molecular complexity index is 727. The summed E-state index contributed by atoms with van der Waals surface area (Å²) in [6.07, 6.45) is -0.281. The first-order valence-corrected chi connectivity index (χ1v) is 6.75. The minimum Gasteiger partial charge on any atom is -0.447 e. The first kappa shape index (κ1) is 12.1. The number of benzene rings is 1. The van der Waals surface area contributed by atoms with Crippen molar-refractivity contribution in [2.45, 2.75) is 6.04 Å². The largest absolute Gasteiger partial charge is 0.447 e. The highest BCUT2D eigenvalue weighted by molar-refractivity contribution is 5.97. The van der Waals surface area contributed by atoms with Gasteiger partial charge in [-0.15, -0.1) is 0 Å². The summed E-state index contributed by atoms with van der Waals surface area (Å²) in [6.45, 7) is 1.88. The molecule has 108 valence electrons. The van der Waals surface area contributed by atoms with Gasteiger partial charge in [0, 0.05) is 25.2 Å². The Labute approximate surface area is 119 Å². The minimum atomic E-state index is -0.281. The number of H-pyrrole nitrogens is 1. The molecule has 4 rings (SSSR count). The Morgan fingerprint density at radius 1 is 1.29 bits per heavy atom. The fraction of sp³-hybridized carbons (Fsp3) is 0.385. The van der Waals surface area contributed by atoms with Crippen molar-refractivity contribution in [3.8, 4) is 0 Å². The van der Waals surface area contributed by atoms with Crippen LogP contribution in [0.4, 0.5) is 4.79 Å². The summed E-state index contributed by atoms with van der Waals surface area (Å²) in [5.41, 5.74) is 1.97. The van der Waals surface area contributed by atoms with Crippen molar-refractivity contribution in [1.29, 1.82) is 0 Å². The van der Waals surface area contributed by atoms with Gasteiger partial charge in [-0.05, 0) is 18.2 Å². The smallest absolute Gasteiger partial charge is 0.410 e. The first-order chi connectivity index (χ1) is 10.2. The van der Waals surface area contributed by atoms with E-state index in [-0.39, 0.29) is 18.0 Å². The van der Waals surface area contributed by atoms with Crippen LogP contribution in [0.5, 0.6) is 0 Å². The number of nitrogens with one attached hydrogen (secondary N) is 1. The lowest BCUT2D eigenvalue weighted by atomic mass is 10.1. The van der Waals surface area contributed by atoms with Gasteiger partial charge in [0.15, 0.2) is 0 Å². The quantitative estimate of drug-likeness (QED) is 0.811. The van der Waals surface area contributed by atoms with Crippen LogP contribution >= 0.6 is 0 Å². The van der Waals surface area contributed by atoms with Crippen LogP contribution in [0, 0.1) is 0 Å². The number of aromatic nitrogens is 3. The third-order valence-electron chi connectivity index (χ3n) is 3.97. The highest BCUT2D eigenvalue weighted by atomic mass is 16.6. The standard InChI is InChI=1S/C13H13N5O3/c19-12(8-1-2-10-11(5-8)15-16-14-10)17-3-4-18-9(6-17)7-21-13(18)20/h1-2,5,9H,3-4,6-7H2,(H,14,15,16). The van der Waals surface area contributed by atoms with E-state index >= 15 is 0 Å². The fourth-order valence-corrected chi connectivity index (χ4v) is 2.83. The SMILES string of the molecule is O=C(c1ccc2n[nH]nc2c1)N1CCN2C(=O)OCC2C1. The van der Waals surface area contributed by atoms with Gasteiger partial charge in [0.2, 0.25) is 0 Å². The number of hydrogen-bond acceptors (Lipinski definition) is 5. The number of amides is 2. The lowest BCUT2D eigenvalue weighted by Crippen LogP contribution is -2.53. The van der Waals surface area contributed by atoms with E-state index in [9.17, 15) is 9.59 Å². The number of carbonyl (C=O) groups excluding carboxylic acids is 2. The molecule has 1 aromatic carbocycles. The van der Waals surface area contributed by atoms with Crippen molar-refractivity contribution in [1.82, 2.24) is 25.2 Å². The van der Waals surface area contributed by atoms with E-state index in [0.717, 1.165) is 5.52 Å². The molecule has 2 aromatic rings. The average Bonchev–Trinajstić information content (AvgIpc) is 3.12. The van der Waals surface area contributed by atoms with E-state index in [1.54, 1.807) is 28.0 Å². The molecule has 0 bridgehead atoms. The highest BCUT2D eigenvalue weighted by Crippen LogP contribution is 2.20. The molecule has 0 spiro atoms. The molecular weight excluding hydrogens is 274 g/mol. The lowest BCUT2D eigenvalue weighted by Gasteiger charge is -2.35. The van der Waals surface area contributed by atoms with E-state index in [2.05, 4.69) is 15.4 Å². The van der Waals surface area contributed by atoms with Crippen LogP contribution in [0.3, 0.4) is 0 Å². The van der Waals surface area contributed by atoms with Crippen molar-refractivity contribution < 1.29 is 14.3 Å². The third-order valence-corrected chi connectivity index (χ3v) is 3.97. The third kappa shape index (κ3) is 1.91. The molecular formula is C13H13N5O3. The van der Waals surface area contributed by atoms with Gasteiger partial charge in [-0.25, -0.2) is 4.79 Å². The van der Waals surface area contributed by atoms with Crippen LogP contribution in [0.15, 0.2) is 18.2 Å². The van der Waals surface area contributed by atoms with E-state index in [1.165, 1.54) is 0 Å². The molecule has 1 unspecified atom stereocenters. The molecule has 8 heteroatoms. The highest BCUT2D eigenvalue weighted by Gasteiger charge is 2.38. The second-order valence-electron chi connectivity index (χ2n) is 5.20. The average molecular weight is 287 g/mol.